The summed E-state index contributed by atoms with van der Waals surface area (Å²) < 4.78 is 35.0. The number of carbonyl (C=O) groups is 1. The van der Waals surface area contributed by atoms with Crippen molar-refractivity contribution in [3.05, 3.63) is 0 Å². The molecule has 2 N–H and O–H groups in total. The van der Waals surface area contributed by atoms with Crippen LogP contribution >= 0.6 is 0 Å². The molecule has 108 valence electrons. The van der Waals surface area contributed by atoms with Crippen LogP contribution in [0.2, 0.25) is 0 Å². The minimum Gasteiger partial charge on any atom is -0.480 e. The van der Waals surface area contributed by atoms with E-state index in [1.807, 2.05) is 0 Å². The largest absolute Gasteiger partial charge is 0.480 e. The molecule has 8 heteroatoms. The van der Waals surface area contributed by atoms with Gasteiger partial charge in [0.2, 0.25) is 10.0 Å². The highest BCUT2D eigenvalue weighted by Crippen LogP contribution is 2.01. The summed E-state index contributed by atoms with van der Waals surface area (Å²) in [6.45, 7) is 2.62. The molecule has 0 rings (SSSR count). The Morgan fingerprint density at radius 3 is 2.56 bits per heavy atom. The maximum absolute atomic E-state index is 11.6. The first kappa shape index (κ1) is 17.3. The van der Waals surface area contributed by atoms with E-state index in [1.165, 1.54) is 7.11 Å². The SMILES string of the molecule is CCOCCS(=O)(=O)NC(CCCOC)C(=O)O. The fourth-order valence-electron chi connectivity index (χ4n) is 1.25. The predicted molar refractivity (Wildman–Crippen MR) is 65.9 cm³/mol. The third-order valence-electron chi connectivity index (χ3n) is 2.16. The van der Waals surface area contributed by atoms with Crippen molar-refractivity contribution in [2.24, 2.45) is 0 Å². The van der Waals surface area contributed by atoms with Gasteiger partial charge in [-0.1, -0.05) is 0 Å². The lowest BCUT2D eigenvalue weighted by atomic mass is 10.2. The molecule has 0 radical (unpaired) electrons. The molecule has 0 spiro atoms. The second kappa shape index (κ2) is 9.26. The molecule has 7 nitrogen and oxygen atoms in total. The van der Waals surface area contributed by atoms with Gasteiger partial charge >= 0.3 is 5.97 Å². The first-order chi connectivity index (χ1) is 8.43. The maximum atomic E-state index is 11.6. The normalized spacial score (nSPS) is 13.4. The van der Waals surface area contributed by atoms with E-state index in [0.29, 0.717) is 19.6 Å². The van der Waals surface area contributed by atoms with Crippen LogP contribution in [-0.2, 0) is 24.3 Å². The standard InChI is InChI=1S/C10H21NO6S/c1-3-17-7-8-18(14,15)11-9(10(12)13)5-4-6-16-2/h9,11H,3-8H2,1-2H3,(H,12,13). The Morgan fingerprint density at radius 1 is 1.39 bits per heavy atom. The van der Waals surface area contributed by atoms with Crippen LogP contribution < -0.4 is 4.72 Å². The number of ether oxygens (including phenoxy) is 2. The summed E-state index contributed by atoms with van der Waals surface area (Å²) in [7, 11) is -2.13. The van der Waals surface area contributed by atoms with Gasteiger partial charge in [0.05, 0.1) is 12.4 Å². The van der Waals surface area contributed by atoms with Crippen LogP contribution in [0.15, 0.2) is 0 Å². The molecule has 0 aromatic heterocycles. The molecule has 0 bridgehead atoms. The van der Waals surface area contributed by atoms with Crippen molar-refractivity contribution in [3.63, 3.8) is 0 Å². The highest BCUT2D eigenvalue weighted by molar-refractivity contribution is 7.89. The molecule has 0 aromatic carbocycles. The van der Waals surface area contributed by atoms with Crippen LogP contribution in [0.4, 0.5) is 0 Å². The van der Waals surface area contributed by atoms with Crippen LogP contribution in [0.25, 0.3) is 0 Å². The number of carboxylic acids is 1. The maximum Gasteiger partial charge on any atom is 0.321 e. The third kappa shape index (κ3) is 8.40. The van der Waals surface area contributed by atoms with E-state index in [2.05, 4.69) is 4.72 Å². The molecule has 1 atom stereocenters. The average Bonchev–Trinajstić information content (AvgIpc) is 2.28. The van der Waals surface area contributed by atoms with Gasteiger partial charge < -0.3 is 14.6 Å². The number of rotatable bonds is 11. The van der Waals surface area contributed by atoms with Gasteiger partial charge in [-0.3, -0.25) is 4.79 Å². The van der Waals surface area contributed by atoms with Gasteiger partial charge in [-0.2, -0.15) is 0 Å². The molecule has 1 unspecified atom stereocenters. The van der Waals surface area contributed by atoms with Crippen molar-refractivity contribution >= 4 is 16.0 Å². The van der Waals surface area contributed by atoms with Crippen LogP contribution in [0.3, 0.4) is 0 Å². The second-order valence-corrected chi connectivity index (χ2v) is 5.53. The number of sulfonamides is 1. The van der Waals surface area contributed by atoms with E-state index in [4.69, 9.17) is 14.6 Å². The molecule has 0 aliphatic carbocycles. The van der Waals surface area contributed by atoms with Crippen molar-refractivity contribution in [2.45, 2.75) is 25.8 Å². The van der Waals surface area contributed by atoms with E-state index >= 15 is 0 Å². The quantitative estimate of drug-likeness (QED) is 0.510. The zero-order valence-electron chi connectivity index (χ0n) is 10.7. The fraction of sp³-hybridized carbons (Fsp3) is 0.900. The average molecular weight is 283 g/mol. The van der Waals surface area contributed by atoms with Gasteiger partial charge in [-0.15, -0.1) is 0 Å². The van der Waals surface area contributed by atoms with Crippen molar-refractivity contribution in [1.29, 1.82) is 0 Å². The Bertz CT molecular complexity index is 329. The summed E-state index contributed by atoms with van der Waals surface area (Å²) >= 11 is 0. The Labute approximate surface area is 108 Å². The molecule has 0 amide bonds. The Hall–Kier alpha value is -0.700. The molecule has 0 heterocycles. The molecule has 18 heavy (non-hydrogen) atoms. The molecule has 0 aromatic rings. The number of aliphatic carboxylic acids is 1. The van der Waals surface area contributed by atoms with Gasteiger partial charge in [-0.25, -0.2) is 13.1 Å². The first-order valence-electron chi connectivity index (χ1n) is 5.72. The van der Waals surface area contributed by atoms with E-state index in [9.17, 15) is 13.2 Å². The molecule has 0 fully saturated rings. The predicted octanol–water partition coefficient (Wildman–Crippen LogP) is -0.178. The highest BCUT2D eigenvalue weighted by Gasteiger charge is 2.23. The zero-order chi connectivity index (χ0) is 14.0. The van der Waals surface area contributed by atoms with E-state index < -0.39 is 22.0 Å². The summed E-state index contributed by atoms with van der Waals surface area (Å²) in [5.41, 5.74) is 0. The number of methoxy groups -OCH3 is 1. The van der Waals surface area contributed by atoms with Crippen LogP contribution in [0.5, 0.6) is 0 Å². The van der Waals surface area contributed by atoms with Crippen LogP contribution in [-0.4, -0.2) is 58.2 Å². The number of hydrogen-bond donors (Lipinski definition) is 2. The summed E-state index contributed by atoms with van der Waals surface area (Å²) in [6.07, 6.45) is 0.665. The van der Waals surface area contributed by atoms with Gasteiger partial charge in [0.15, 0.2) is 0 Å². The lowest BCUT2D eigenvalue weighted by Gasteiger charge is -2.14. The fourth-order valence-corrected chi connectivity index (χ4v) is 2.36. The van der Waals surface area contributed by atoms with Crippen molar-refractivity contribution < 1.29 is 27.8 Å². The van der Waals surface area contributed by atoms with E-state index in [1.54, 1.807) is 6.92 Å². The molecular formula is C10H21NO6S. The molecule has 0 saturated heterocycles. The topological polar surface area (TPSA) is 102 Å². The summed E-state index contributed by atoms with van der Waals surface area (Å²) in [5, 5.41) is 8.91. The third-order valence-corrected chi connectivity index (χ3v) is 3.51. The highest BCUT2D eigenvalue weighted by atomic mass is 32.2. The van der Waals surface area contributed by atoms with Crippen molar-refractivity contribution in [1.82, 2.24) is 4.72 Å². The monoisotopic (exact) mass is 283 g/mol. The smallest absolute Gasteiger partial charge is 0.321 e. The first-order valence-corrected chi connectivity index (χ1v) is 7.37. The molecular weight excluding hydrogens is 262 g/mol. The summed E-state index contributed by atoms with van der Waals surface area (Å²) in [4.78, 5) is 10.9. The van der Waals surface area contributed by atoms with Gasteiger partial charge in [0.1, 0.15) is 6.04 Å². The minimum atomic E-state index is -3.63. The van der Waals surface area contributed by atoms with Crippen LogP contribution in [0.1, 0.15) is 19.8 Å². The second-order valence-electron chi connectivity index (χ2n) is 3.66. The van der Waals surface area contributed by atoms with E-state index in [-0.39, 0.29) is 18.8 Å². The van der Waals surface area contributed by atoms with E-state index in [0.717, 1.165) is 0 Å². The minimum absolute atomic E-state index is 0.0518. The van der Waals surface area contributed by atoms with Gasteiger partial charge in [0.25, 0.3) is 0 Å². The lowest BCUT2D eigenvalue weighted by molar-refractivity contribution is -0.139. The molecule has 0 saturated carbocycles. The van der Waals surface area contributed by atoms with Crippen LogP contribution in [0, 0.1) is 0 Å². The molecule has 0 aliphatic rings. The van der Waals surface area contributed by atoms with Crippen molar-refractivity contribution in [2.75, 3.05) is 32.7 Å². The number of nitrogens with one attached hydrogen (secondary N) is 1. The summed E-state index contributed by atoms with van der Waals surface area (Å²) in [6, 6.07) is -1.12. The Morgan fingerprint density at radius 2 is 2.06 bits per heavy atom. The zero-order valence-corrected chi connectivity index (χ0v) is 11.5. The van der Waals surface area contributed by atoms with Gasteiger partial charge in [0, 0.05) is 20.3 Å². The van der Waals surface area contributed by atoms with Gasteiger partial charge in [-0.05, 0) is 19.8 Å². The lowest BCUT2D eigenvalue weighted by Crippen LogP contribution is -2.42. The summed E-state index contributed by atoms with van der Waals surface area (Å²) in [5.74, 6) is -1.43. The Balaban J connectivity index is 4.25. The number of hydrogen-bond acceptors (Lipinski definition) is 5. The molecule has 0 aliphatic heterocycles. The van der Waals surface area contributed by atoms with Crippen molar-refractivity contribution in [3.8, 4) is 0 Å². The Kier molecular flexibility index (Phi) is 8.90. The number of carboxylic acid groups (broad SMARTS) is 1.